The topological polar surface area (TPSA) is 29.1 Å². The van der Waals surface area contributed by atoms with Gasteiger partial charge in [-0.15, -0.1) is 0 Å². The molecule has 0 heterocycles. The zero-order chi connectivity index (χ0) is 19.1. The van der Waals surface area contributed by atoms with Crippen molar-refractivity contribution in [2.75, 3.05) is 6.54 Å². The van der Waals surface area contributed by atoms with Crippen molar-refractivity contribution in [1.29, 1.82) is 0 Å². The Morgan fingerprint density at radius 1 is 0.815 bits per heavy atom. The quantitative estimate of drug-likeness (QED) is 0.389. The van der Waals surface area contributed by atoms with Gasteiger partial charge in [-0.2, -0.15) is 0 Å². The van der Waals surface area contributed by atoms with Gasteiger partial charge in [-0.1, -0.05) is 65.7 Å². The highest BCUT2D eigenvalue weighted by molar-refractivity contribution is 6.31. The second kappa shape index (κ2) is 9.52. The predicted molar refractivity (Wildman–Crippen MR) is 113 cm³/mol. The van der Waals surface area contributed by atoms with Gasteiger partial charge in [0.05, 0.1) is 0 Å². The van der Waals surface area contributed by atoms with E-state index >= 15 is 0 Å². The Labute approximate surface area is 169 Å². The molecule has 3 aromatic rings. The first-order valence-corrected chi connectivity index (χ1v) is 9.38. The van der Waals surface area contributed by atoms with Gasteiger partial charge >= 0.3 is 0 Å². The molecule has 0 bridgehead atoms. The number of carbonyl (C=O) groups is 1. The lowest BCUT2D eigenvalue weighted by molar-refractivity contribution is 0.103. The summed E-state index contributed by atoms with van der Waals surface area (Å²) in [5, 5.41) is 4.63. The molecule has 2 nitrogen and oxygen atoms in total. The lowest BCUT2D eigenvalue weighted by atomic mass is 10.0. The van der Waals surface area contributed by atoms with Crippen LogP contribution in [0.5, 0.6) is 0 Å². The van der Waals surface area contributed by atoms with Crippen molar-refractivity contribution >= 4 is 35.1 Å². The molecule has 0 spiro atoms. The summed E-state index contributed by atoms with van der Waals surface area (Å²) in [6, 6.07) is 24.5. The number of hydrogen-bond donors (Lipinski definition) is 1. The van der Waals surface area contributed by atoms with Gasteiger partial charge in [0.1, 0.15) is 0 Å². The van der Waals surface area contributed by atoms with Crippen molar-refractivity contribution in [3.05, 3.63) is 111 Å². The fourth-order valence-corrected chi connectivity index (χ4v) is 2.93. The third kappa shape index (κ3) is 5.80. The summed E-state index contributed by atoms with van der Waals surface area (Å²) in [7, 11) is 0. The highest BCUT2D eigenvalue weighted by atomic mass is 35.5. The second-order valence-electron chi connectivity index (χ2n) is 6.15. The van der Waals surface area contributed by atoms with Gasteiger partial charge < -0.3 is 5.32 Å². The van der Waals surface area contributed by atoms with E-state index in [1.165, 1.54) is 5.56 Å². The van der Waals surface area contributed by atoms with Crippen LogP contribution in [0.15, 0.2) is 84.4 Å². The molecular weight excluding hydrogens is 377 g/mol. The van der Waals surface area contributed by atoms with Gasteiger partial charge in [-0.3, -0.25) is 4.79 Å². The first-order chi connectivity index (χ1) is 13.1. The number of carbonyl (C=O) groups excluding carboxylic acids is 1. The maximum absolute atomic E-state index is 13.0. The summed E-state index contributed by atoms with van der Waals surface area (Å²) in [6.07, 6.45) is 1.89. The molecule has 27 heavy (non-hydrogen) atoms. The number of ketones is 1. The normalized spacial score (nSPS) is 11.4. The van der Waals surface area contributed by atoms with Crippen LogP contribution in [-0.4, -0.2) is 12.3 Å². The van der Waals surface area contributed by atoms with Crippen LogP contribution in [0, 0.1) is 0 Å². The molecule has 0 unspecified atom stereocenters. The van der Waals surface area contributed by atoms with E-state index in [-0.39, 0.29) is 5.78 Å². The van der Waals surface area contributed by atoms with E-state index in [0.29, 0.717) is 34.3 Å². The zero-order valence-electron chi connectivity index (χ0n) is 14.7. The van der Waals surface area contributed by atoms with Crippen LogP contribution in [0.2, 0.25) is 10.0 Å². The molecule has 0 saturated heterocycles. The number of rotatable bonds is 7. The predicted octanol–water partition coefficient (Wildman–Crippen LogP) is 6.05. The van der Waals surface area contributed by atoms with E-state index in [0.717, 1.165) is 5.56 Å². The summed E-state index contributed by atoms with van der Waals surface area (Å²) < 4.78 is 0. The minimum Gasteiger partial charge on any atom is -0.308 e. The molecule has 0 aromatic heterocycles. The first kappa shape index (κ1) is 19.4. The third-order valence-corrected chi connectivity index (χ3v) is 4.60. The van der Waals surface area contributed by atoms with Crippen LogP contribution >= 0.6 is 23.2 Å². The second-order valence-corrected chi connectivity index (χ2v) is 7.02. The van der Waals surface area contributed by atoms with Gasteiger partial charge in [0.25, 0.3) is 0 Å². The maximum Gasteiger partial charge on any atom is 0.190 e. The standard InChI is InChI=1S/C23H19Cl2NO/c24-21-10-6-17(7-11-21)14-20(16-26-15-18-4-2-1-3-5-18)23(27)19-8-12-22(25)13-9-19/h1-14,26H,15-16H2/b20-14+. The minimum absolute atomic E-state index is 0.0258. The van der Waals surface area contributed by atoms with E-state index in [2.05, 4.69) is 17.4 Å². The SMILES string of the molecule is O=C(/C(=C/c1ccc(Cl)cc1)CNCc1ccccc1)c1ccc(Cl)cc1. The van der Waals surface area contributed by atoms with Crippen molar-refractivity contribution in [2.45, 2.75) is 6.54 Å². The van der Waals surface area contributed by atoms with Crippen molar-refractivity contribution in [1.82, 2.24) is 5.32 Å². The largest absolute Gasteiger partial charge is 0.308 e. The summed E-state index contributed by atoms with van der Waals surface area (Å²) in [5.41, 5.74) is 3.39. The highest BCUT2D eigenvalue weighted by Crippen LogP contribution is 2.17. The van der Waals surface area contributed by atoms with Crippen LogP contribution in [0.3, 0.4) is 0 Å². The van der Waals surface area contributed by atoms with Gasteiger partial charge in [-0.25, -0.2) is 0 Å². The van der Waals surface area contributed by atoms with Gasteiger partial charge in [-0.05, 0) is 53.6 Å². The van der Waals surface area contributed by atoms with E-state index in [4.69, 9.17) is 23.2 Å². The minimum atomic E-state index is -0.0258. The number of nitrogens with one attached hydrogen (secondary N) is 1. The Morgan fingerprint density at radius 2 is 1.41 bits per heavy atom. The van der Waals surface area contributed by atoms with Crippen molar-refractivity contribution < 1.29 is 4.79 Å². The fourth-order valence-electron chi connectivity index (χ4n) is 2.68. The van der Waals surface area contributed by atoms with Crippen molar-refractivity contribution in [2.24, 2.45) is 0 Å². The number of Topliss-reactive ketones (excluding diaryl/α,β-unsaturated/α-hetero) is 1. The van der Waals surface area contributed by atoms with Crippen LogP contribution in [0.25, 0.3) is 6.08 Å². The van der Waals surface area contributed by atoms with Crippen LogP contribution in [0.4, 0.5) is 0 Å². The zero-order valence-corrected chi connectivity index (χ0v) is 16.2. The lowest BCUT2D eigenvalue weighted by Crippen LogP contribution is -2.21. The van der Waals surface area contributed by atoms with Gasteiger partial charge in [0, 0.05) is 34.3 Å². The Morgan fingerprint density at radius 3 is 2.04 bits per heavy atom. The molecule has 136 valence electrons. The molecule has 3 rings (SSSR count). The van der Waals surface area contributed by atoms with E-state index in [1.807, 2.05) is 48.5 Å². The average Bonchev–Trinajstić information content (AvgIpc) is 2.70. The molecule has 0 saturated carbocycles. The average molecular weight is 396 g/mol. The van der Waals surface area contributed by atoms with E-state index in [9.17, 15) is 4.79 Å². The third-order valence-electron chi connectivity index (χ3n) is 4.10. The molecule has 1 N–H and O–H groups in total. The first-order valence-electron chi connectivity index (χ1n) is 8.63. The molecule has 0 amide bonds. The molecular formula is C23H19Cl2NO. The molecule has 0 atom stereocenters. The number of benzene rings is 3. The van der Waals surface area contributed by atoms with Crippen LogP contribution < -0.4 is 5.32 Å². The summed E-state index contributed by atoms with van der Waals surface area (Å²) in [5.74, 6) is -0.0258. The Balaban J connectivity index is 1.80. The van der Waals surface area contributed by atoms with Crippen LogP contribution in [-0.2, 0) is 6.54 Å². The monoisotopic (exact) mass is 395 g/mol. The van der Waals surface area contributed by atoms with Crippen LogP contribution in [0.1, 0.15) is 21.5 Å². The Bertz CT molecular complexity index is 917. The molecule has 0 fully saturated rings. The Hall–Kier alpha value is -2.39. The maximum atomic E-state index is 13.0. The summed E-state index contributed by atoms with van der Waals surface area (Å²) in [4.78, 5) is 13.0. The molecule has 4 heteroatoms. The highest BCUT2D eigenvalue weighted by Gasteiger charge is 2.12. The van der Waals surface area contributed by atoms with E-state index in [1.54, 1.807) is 24.3 Å². The van der Waals surface area contributed by atoms with Gasteiger partial charge in [0.2, 0.25) is 0 Å². The van der Waals surface area contributed by atoms with Crippen molar-refractivity contribution in [3.8, 4) is 0 Å². The smallest absolute Gasteiger partial charge is 0.190 e. The van der Waals surface area contributed by atoms with Crippen molar-refractivity contribution in [3.63, 3.8) is 0 Å². The molecule has 0 aliphatic carbocycles. The molecule has 3 aromatic carbocycles. The van der Waals surface area contributed by atoms with Gasteiger partial charge in [0.15, 0.2) is 5.78 Å². The Kier molecular flexibility index (Phi) is 6.83. The molecule has 0 radical (unpaired) electrons. The number of hydrogen-bond acceptors (Lipinski definition) is 2. The summed E-state index contributed by atoms with van der Waals surface area (Å²) >= 11 is 11.9. The molecule has 0 aliphatic heterocycles. The fraction of sp³-hybridized carbons (Fsp3) is 0.0870. The number of halogens is 2. The summed E-state index contributed by atoms with van der Waals surface area (Å²) in [6.45, 7) is 1.14. The molecule has 0 aliphatic rings. The van der Waals surface area contributed by atoms with E-state index < -0.39 is 0 Å². The lowest BCUT2D eigenvalue weighted by Gasteiger charge is -2.10.